The number of hydrogen-bond acceptors (Lipinski definition) is 5. The summed E-state index contributed by atoms with van der Waals surface area (Å²) in [6, 6.07) is 9.81. The van der Waals surface area contributed by atoms with Crippen molar-refractivity contribution in [1.82, 2.24) is 9.13 Å². The van der Waals surface area contributed by atoms with Gasteiger partial charge in [0.1, 0.15) is 18.0 Å². The van der Waals surface area contributed by atoms with E-state index in [4.69, 9.17) is 21.1 Å². The fraction of sp³-hybridized carbons (Fsp3) is 0.318. The van der Waals surface area contributed by atoms with Crippen LogP contribution in [0.4, 0.5) is 5.69 Å². The Balaban J connectivity index is 2.02. The van der Waals surface area contributed by atoms with Gasteiger partial charge in [-0.25, -0.2) is 4.79 Å². The van der Waals surface area contributed by atoms with E-state index < -0.39 is 11.6 Å². The standard InChI is InChI=1S/C22H24ClN3O5/c1-13(2)11-26-21(28)14-7-5-6-8-17(14)25(22(26)29)12-20(27)24-16-9-15(23)18(30-3)10-19(16)31-4/h5-10,13H,11-12H2,1-4H3,(H,24,27). The largest absolute Gasteiger partial charge is 0.495 e. The minimum absolute atomic E-state index is 0.0829. The van der Waals surface area contributed by atoms with Crippen molar-refractivity contribution in [1.29, 1.82) is 0 Å². The van der Waals surface area contributed by atoms with E-state index in [1.165, 1.54) is 29.4 Å². The number of aromatic nitrogens is 2. The maximum absolute atomic E-state index is 13.1. The van der Waals surface area contributed by atoms with Gasteiger partial charge in [0.25, 0.3) is 5.56 Å². The molecular weight excluding hydrogens is 422 g/mol. The molecule has 0 radical (unpaired) electrons. The fourth-order valence-electron chi connectivity index (χ4n) is 3.34. The van der Waals surface area contributed by atoms with E-state index in [1.807, 2.05) is 13.8 Å². The van der Waals surface area contributed by atoms with Gasteiger partial charge in [0.15, 0.2) is 0 Å². The molecule has 0 aliphatic rings. The molecule has 31 heavy (non-hydrogen) atoms. The highest BCUT2D eigenvalue weighted by Gasteiger charge is 2.18. The normalized spacial score (nSPS) is 11.0. The molecule has 0 bridgehead atoms. The van der Waals surface area contributed by atoms with Crippen molar-refractivity contribution < 1.29 is 14.3 Å². The number of ether oxygens (including phenoxy) is 2. The van der Waals surface area contributed by atoms with Crippen LogP contribution >= 0.6 is 11.6 Å². The maximum Gasteiger partial charge on any atom is 0.331 e. The van der Waals surface area contributed by atoms with Gasteiger partial charge in [-0.2, -0.15) is 0 Å². The number of nitrogens with zero attached hydrogens (tertiary/aromatic N) is 2. The van der Waals surface area contributed by atoms with Crippen molar-refractivity contribution in [3.8, 4) is 11.5 Å². The molecule has 0 spiro atoms. The van der Waals surface area contributed by atoms with Gasteiger partial charge in [-0.1, -0.05) is 37.6 Å². The first-order valence-electron chi connectivity index (χ1n) is 9.70. The number of fused-ring (bicyclic) bond motifs is 1. The number of carbonyl (C=O) groups is 1. The van der Waals surface area contributed by atoms with Gasteiger partial charge in [-0.3, -0.25) is 18.7 Å². The van der Waals surface area contributed by atoms with Gasteiger partial charge in [-0.05, 0) is 24.1 Å². The zero-order valence-electron chi connectivity index (χ0n) is 17.8. The molecule has 0 atom stereocenters. The van der Waals surface area contributed by atoms with Crippen LogP contribution in [-0.2, 0) is 17.9 Å². The number of amides is 1. The highest BCUT2D eigenvalue weighted by molar-refractivity contribution is 6.32. The first-order chi connectivity index (χ1) is 14.8. The highest BCUT2D eigenvalue weighted by atomic mass is 35.5. The Morgan fingerprint density at radius 2 is 1.74 bits per heavy atom. The predicted molar refractivity (Wildman–Crippen MR) is 120 cm³/mol. The molecule has 1 N–H and O–H groups in total. The van der Waals surface area contributed by atoms with Crippen molar-refractivity contribution in [3.63, 3.8) is 0 Å². The molecule has 3 aromatic rings. The maximum atomic E-state index is 13.1. The van der Waals surface area contributed by atoms with E-state index in [1.54, 1.807) is 30.3 Å². The predicted octanol–water partition coefficient (Wildman–Crippen LogP) is 3.13. The van der Waals surface area contributed by atoms with Crippen molar-refractivity contribution in [2.45, 2.75) is 26.9 Å². The van der Waals surface area contributed by atoms with E-state index in [9.17, 15) is 14.4 Å². The minimum Gasteiger partial charge on any atom is -0.495 e. The van der Waals surface area contributed by atoms with Crippen LogP contribution in [0.3, 0.4) is 0 Å². The summed E-state index contributed by atoms with van der Waals surface area (Å²) >= 11 is 6.17. The Morgan fingerprint density at radius 3 is 2.39 bits per heavy atom. The van der Waals surface area contributed by atoms with Crippen molar-refractivity contribution in [2.75, 3.05) is 19.5 Å². The van der Waals surface area contributed by atoms with E-state index in [2.05, 4.69) is 5.32 Å². The zero-order chi connectivity index (χ0) is 22.7. The number of rotatable bonds is 7. The lowest BCUT2D eigenvalue weighted by molar-refractivity contribution is -0.116. The number of halogens is 1. The highest BCUT2D eigenvalue weighted by Crippen LogP contribution is 2.35. The van der Waals surface area contributed by atoms with Crippen molar-refractivity contribution >= 4 is 34.1 Å². The molecule has 1 amide bonds. The molecule has 8 nitrogen and oxygen atoms in total. The Kier molecular flexibility index (Phi) is 6.70. The topological polar surface area (TPSA) is 91.6 Å². The van der Waals surface area contributed by atoms with Gasteiger partial charge in [-0.15, -0.1) is 0 Å². The van der Waals surface area contributed by atoms with Gasteiger partial charge in [0, 0.05) is 12.6 Å². The average Bonchev–Trinajstić information content (AvgIpc) is 2.74. The molecule has 0 fully saturated rings. The SMILES string of the molecule is COc1cc(OC)c(NC(=O)Cn2c(=O)n(CC(C)C)c(=O)c3ccccc32)cc1Cl. The van der Waals surface area contributed by atoms with E-state index in [-0.39, 0.29) is 24.6 Å². The second kappa shape index (κ2) is 9.26. The Labute approximate surface area is 184 Å². The van der Waals surface area contributed by atoms with Crippen LogP contribution in [-0.4, -0.2) is 29.3 Å². The van der Waals surface area contributed by atoms with Crippen LogP contribution in [0.1, 0.15) is 13.8 Å². The van der Waals surface area contributed by atoms with Crippen molar-refractivity contribution in [3.05, 3.63) is 62.3 Å². The van der Waals surface area contributed by atoms with Gasteiger partial charge >= 0.3 is 5.69 Å². The smallest absolute Gasteiger partial charge is 0.331 e. The van der Waals surface area contributed by atoms with Gasteiger partial charge < -0.3 is 14.8 Å². The summed E-state index contributed by atoms with van der Waals surface area (Å²) < 4.78 is 12.9. The third-order valence-electron chi connectivity index (χ3n) is 4.73. The Bertz CT molecular complexity index is 1250. The van der Waals surface area contributed by atoms with E-state index in [0.717, 1.165) is 0 Å². The number of carbonyl (C=O) groups excluding carboxylic acids is 1. The first-order valence-corrected chi connectivity index (χ1v) is 10.1. The summed E-state index contributed by atoms with van der Waals surface area (Å²) in [6.07, 6.45) is 0. The van der Waals surface area contributed by atoms with E-state index in [0.29, 0.717) is 33.1 Å². The average molecular weight is 446 g/mol. The van der Waals surface area contributed by atoms with Gasteiger partial charge in [0.05, 0.1) is 35.8 Å². The molecule has 0 unspecified atom stereocenters. The minimum atomic E-state index is -0.535. The van der Waals surface area contributed by atoms with Crippen LogP contribution in [0.5, 0.6) is 11.5 Å². The monoisotopic (exact) mass is 445 g/mol. The van der Waals surface area contributed by atoms with Crippen molar-refractivity contribution in [2.24, 2.45) is 5.92 Å². The molecule has 1 heterocycles. The molecule has 164 valence electrons. The zero-order valence-corrected chi connectivity index (χ0v) is 18.5. The summed E-state index contributed by atoms with van der Waals surface area (Å²) in [4.78, 5) is 38.7. The third-order valence-corrected chi connectivity index (χ3v) is 5.03. The molecule has 0 saturated heterocycles. The molecule has 9 heteroatoms. The summed E-state index contributed by atoms with van der Waals surface area (Å²) in [7, 11) is 2.93. The van der Waals surface area contributed by atoms with Crippen LogP contribution in [0, 0.1) is 5.92 Å². The number of nitrogens with one attached hydrogen (secondary N) is 1. The van der Waals surface area contributed by atoms with Crippen LogP contribution in [0.15, 0.2) is 46.0 Å². The number of para-hydroxylation sites is 1. The fourth-order valence-corrected chi connectivity index (χ4v) is 3.58. The number of methoxy groups -OCH3 is 2. The number of benzene rings is 2. The first kappa shape index (κ1) is 22.4. The molecule has 0 aliphatic carbocycles. The lowest BCUT2D eigenvalue weighted by atomic mass is 10.2. The molecular formula is C22H24ClN3O5. The molecule has 0 saturated carbocycles. The molecule has 0 aliphatic heterocycles. The second-order valence-electron chi connectivity index (χ2n) is 7.43. The quantitative estimate of drug-likeness (QED) is 0.603. The molecule has 3 rings (SSSR count). The summed E-state index contributed by atoms with van der Waals surface area (Å²) in [5.74, 6) is 0.372. The lowest BCUT2D eigenvalue weighted by Crippen LogP contribution is -2.42. The Morgan fingerprint density at radius 1 is 1.06 bits per heavy atom. The number of anilines is 1. The van der Waals surface area contributed by atoms with Crippen LogP contribution in [0.2, 0.25) is 5.02 Å². The van der Waals surface area contributed by atoms with Gasteiger partial charge in [0.2, 0.25) is 5.91 Å². The van der Waals surface area contributed by atoms with E-state index >= 15 is 0 Å². The second-order valence-corrected chi connectivity index (χ2v) is 7.84. The number of hydrogen-bond donors (Lipinski definition) is 1. The molecule has 1 aromatic heterocycles. The Hall–Kier alpha value is -3.26. The summed E-state index contributed by atoms with van der Waals surface area (Å²) in [5, 5.41) is 3.39. The summed E-state index contributed by atoms with van der Waals surface area (Å²) in [5.41, 5.74) is -0.166. The summed E-state index contributed by atoms with van der Waals surface area (Å²) in [6.45, 7) is 3.80. The lowest BCUT2D eigenvalue weighted by Gasteiger charge is -2.16. The third kappa shape index (κ3) is 4.59. The van der Waals surface area contributed by atoms with Crippen LogP contribution < -0.4 is 26.0 Å². The molecule has 2 aromatic carbocycles. The van der Waals surface area contributed by atoms with Crippen LogP contribution in [0.25, 0.3) is 10.9 Å².